The van der Waals surface area contributed by atoms with Crippen LogP contribution in [-0.4, -0.2) is 84.8 Å². The van der Waals surface area contributed by atoms with E-state index < -0.39 is 76.5 Å². The van der Waals surface area contributed by atoms with Crippen molar-refractivity contribution in [1.29, 1.82) is 0 Å². The molecule has 4 unspecified atom stereocenters. The molecule has 226 valence electrons. The average molecular weight is 665 g/mol. The monoisotopic (exact) mass is 664 g/mol. The molecule has 40 heavy (non-hydrogen) atoms. The van der Waals surface area contributed by atoms with Crippen molar-refractivity contribution < 1.29 is 69.5 Å². The average Bonchev–Trinajstić information content (AvgIpc) is 2.83. The summed E-state index contributed by atoms with van der Waals surface area (Å²) < 4.78 is 97.2. The third-order valence-electron chi connectivity index (χ3n) is 4.98. The first kappa shape index (κ1) is 34.1. The maximum Gasteiger partial charge on any atom is 0.420 e. The van der Waals surface area contributed by atoms with Crippen LogP contribution in [0.2, 0.25) is 0 Å². The number of benzene rings is 1. The van der Waals surface area contributed by atoms with Crippen LogP contribution in [0.15, 0.2) is 21.5 Å². The zero-order chi connectivity index (χ0) is 29.9. The molecule has 1 N–H and O–H groups in total. The fraction of sp³-hybridized carbons (Fsp3) is 0.609. The van der Waals surface area contributed by atoms with Crippen molar-refractivity contribution in [2.24, 2.45) is 0 Å². The number of halogens is 4. The minimum absolute atomic E-state index is 0.00863. The van der Waals surface area contributed by atoms with Gasteiger partial charge in [0.25, 0.3) is 0 Å². The molecule has 0 aromatic heterocycles. The first-order valence-corrected chi connectivity index (χ1v) is 13.6. The fourth-order valence-corrected chi connectivity index (χ4v) is 4.60. The number of ether oxygens (including phenoxy) is 7. The summed E-state index contributed by atoms with van der Waals surface area (Å²) in [5.74, 6) is -3.26. The second kappa shape index (κ2) is 16.3. The van der Waals surface area contributed by atoms with Crippen LogP contribution in [0.5, 0.6) is 5.75 Å². The van der Waals surface area contributed by atoms with Crippen molar-refractivity contribution in [2.75, 3.05) is 39.6 Å². The molecule has 0 saturated carbocycles. The van der Waals surface area contributed by atoms with Gasteiger partial charge in [-0.15, -0.1) is 0 Å². The Hall–Kier alpha value is -2.15. The summed E-state index contributed by atoms with van der Waals surface area (Å²) in [6.45, 7) is 1.78. The number of alkyl halides is 3. The Morgan fingerprint density at radius 2 is 1.75 bits per heavy atom. The summed E-state index contributed by atoms with van der Waals surface area (Å²) >= 11 is -0.0434. The van der Waals surface area contributed by atoms with E-state index in [1.807, 2.05) is 0 Å². The fourth-order valence-electron chi connectivity index (χ4n) is 3.46. The number of carbonyl (C=O) groups is 3. The van der Waals surface area contributed by atoms with Gasteiger partial charge in [0.05, 0.1) is 32.5 Å². The van der Waals surface area contributed by atoms with Crippen molar-refractivity contribution in [1.82, 2.24) is 0 Å². The highest BCUT2D eigenvalue weighted by molar-refractivity contribution is 9.10. The van der Waals surface area contributed by atoms with Gasteiger partial charge < -0.3 is 37.7 Å². The van der Waals surface area contributed by atoms with Gasteiger partial charge in [-0.2, -0.15) is 13.2 Å². The van der Waals surface area contributed by atoms with E-state index >= 15 is 0 Å². The van der Waals surface area contributed by atoms with Crippen LogP contribution in [-0.2, 0) is 60.1 Å². The van der Waals surface area contributed by atoms with E-state index in [9.17, 15) is 36.3 Å². The Balaban J connectivity index is 1.73. The van der Waals surface area contributed by atoms with Gasteiger partial charge in [0.15, 0.2) is 23.1 Å². The highest BCUT2D eigenvalue weighted by Gasteiger charge is 2.38. The second-order valence-corrected chi connectivity index (χ2v) is 10.1. The first-order valence-electron chi connectivity index (χ1n) is 11.7. The zero-order valence-corrected chi connectivity index (χ0v) is 23.8. The summed E-state index contributed by atoms with van der Waals surface area (Å²) in [5, 5.41) is 0. The van der Waals surface area contributed by atoms with Crippen molar-refractivity contribution in [3.05, 3.63) is 22.2 Å². The van der Waals surface area contributed by atoms with Gasteiger partial charge in [-0.25, -0.2) is 9.00 Å². The third kappa shape index (κ3) is 12.2. The molecule has 0 radical (unpaired) electrons. The van der Waals surface area contributed by atoms with Crippen LogP contribution in [0.3, 0.4) is 0 Å². The maximum absolute atomic E-state index is 13.4. The standard InChI is InChI=1S/C23H28BrF3O12S/c1-13(28)36-11-17-9-16(37-14(2)29)10-21(38-17)35-6-5-33-3-4-34-12-20(30)39-22-18(23(25,26)27)7-15(24)8-19(22)40(31)32/h7-8,16-17,21H,3-6,9-12H2,1-2H3,(H,31,32). The van der Waals surface area contributed by atoms with Crippen molar-refractivity contribution in [3.8, 4) is 5.75 Å². The quantitative estimate of drug-likeness (QED) is 0.135. The van der Waals surface area contributed by atoms with Crippen LogP contribution in [0.1, 0.15) is 32.3 Å². The lowest BCUT2D eigenvalue weighted by atomic mass is 10.1. The molecule has 1 heterocycles. The predicted molar refractivity (Wildman–Crippen MR) is 131 cm³/mol. The van der Waals surface area contributed by atoms with Crippen LogP contribution in [0.25, 0.3) is 0 Å². The van der Waals surface area contributed by atoms with E-state index in [1.54, 1.807) is 0 Å². The normalized spacial score (nSPS) is 20.0. The molecule has 4 atom stereocenters. The van der Waals surface area contributed by atoms with Crippen LogP contribution in [0, 0.1) is 0 Å². The van der Waals surface area contributed by atoms with E-state index in [-0.39, 0.29) is 43.9 Å². The number of hydrogen-bond acceptors (Lipinski definition) is 11. The molecule has 1 aromatic carbocycles. The van der Waals surface area contributed by atoms with Crippen molar-refractivity contribution in [2.45, 2.75) is 56.3 Å². The lowest BCUT2D eigenvalue weighted by Gasteiger charge is -2.34. The number of carbonyl (C=O) groups excluding carboxylic acids is 3. The molecule has 17 heteroatoms. The highest BCUT2D eigenvalue weighted by Crippen LogP contribution is 2.41. The molecule has 0 amide bonds. The molecule has 12 nitrogen and oxygen atoms in total. The first-order chi connectivity index (χ1) is 18.8. The lowest BCUT2D eigenvalue weighted by Crippen LogP contribution is -2.41. The minimum Gasteiger partial charge on any atom is -0.463 e. The number of rotatable bonds is 14. The Kier molecular flexibility index (Phi) is 13.9. The zero-order valence-electron chi connectivity index (χ0n) is 21.4. The van der Waals surface area contributed by atoms with E-state index in [2.05, 4.69) is 15.9 Å². The maximum atomic E-state index is 13.4. The molecule has 1 aliphatic rings. The Morgan fingerprint density at radius 3 is 2.38 bits per heavy atom. The van der Waals surface area contributed by atoms with Crippen molar-refractivity contribution in [3.63, 3.8) is 0 Å². The largest absolute Gasteiger partial charge is 0.463 e. The number of hydrogen-bond donors (Lipinski definition) is 1. The molecular weight excluding hydrogens is 637 g/mol. The van der Waals surface area contributed by atoms with Gasteiger partial charge >= 0.3 is 24.1 Å². The SMILES string of the molecule is CC(=O)OCC1CC(OC(C)=O)CC(OCCOCCOCC(=O)Oc2c(S(=O)O)cc(Br)cc2C(F)(F)F)O1. The van der Waals surface area contributed by atoms with Crippen molar-refractivity contribution >= 4 is 44.9 Å². The topological polar surface area (TPSA) is 153 Å². The van der Waals surface area contributed by atoms with E-state index in [0.29, 0.717) is 12.5 Å². The molecule has 1 aromatic rings. The van der Waals surface area contributed by atoms with Gasteiger partial charge in [-0.3, -0.25) is 9.59 Å². The smallest absolute Gasteiger partial charge is 0.420 e. The molecule has 0 aliphatic carbocycles. The van der Waals surface area contributed by atoms with Gasteiger partial charge in [-0.05, 0) is 12.1 Å². The van der Waals surface area contributed by atoms with Gasteiger partial charge in [0.1, 0.15) is 29.8 Å². The predicted octanol–water partition coefficient (Wildman–Crippen LogP) is 3.00. The van der Waals surface area contributed by atoms with Crippen LogP contribution < -0.4 is 4.74 Å². The Bertz CT molecular complexity index is 1050. The molecule has 0 bridgehead atoms. The summed E-state index contributed by atoms with van der Waals surface area (Å²) in [7, 11) is 0. The van der Waals surface area contributed by atoms with Gasteiger partial charge in [0, 0.05) is 31.2 Å². The molecule has 1 aliphatic heterocycles. The molecule has 1 saturated heterocycles. The lowest BCUT2D eigenvalue weighted by molar-refractivity contribution is -0.232. The molecule has 0 spiro atoms. The summed E-state index contributed by atoms with van der Waals surface area (Å²) in [6, 6.07) is 1.55. The van der Waals surface area contributed by atoms with Crippen LogP contribution >= 0.6 is 15.9 Å². The molecule has 1 fully saturated rings. The van der Waals surface area contributed by atoms with E-state index in [1.165, 1.54) is 13.8 Å². The second-order valence-electron chi connectivity index (χ2n) is 8.23. The summed E-state index contributed by atoms with van der Waals surface area (Å²) in [5.41, 5.74) is -1.41. The Morgan fingerprint density at radius 1 is 1.07 bits per heavy atom. The third-order valence-corrected chi connectivity index (χ3v) is 6.12. The minimum atomic E-state index is -4.96. The van der Waals surface area contributed by atoms with Gasteiger partial charge in [-0.1, -0.05) is 15.9 Å². The summed E-state index contributed by atoms with van der Waals surface area (Å²) in [6.07, 6.45) is -6.12. The van der Waals surface area contributed by atoms with E-state index in [4.69, 9.17) is 33.2 Å². The molecule has 2 rings (SSSR count). The Labute approximate surface area is 238 Å². The summed E-state index contributed by atoms with van der Waals surface area (Å²) in [4.78, 5) is 33.6. The highest BCUT2D eigenvalue weighted by atomic mass is 79.9. The van der Waals surface area contributed by atoms with E-state index in [0.717, 1.165) is 6.07 Å². The molecular formula is C23H28BrF3O12S. The number of esters is 3. The van der Waals surface area contributed by atoms with Gasteiger partial charge in [0.2, 0.25) is 0 Å². The van der Waals surface area contributed by atoms with Crippen LogP contribution in [0.4, 0.5) is 13.2 Å².